The molecule has 5 rings (SSSR count). The fraction of sp³-hybridized carbons (Fsp3) is 0.318. The summed E-state index contributed by atoms with van der Waals surface area (Å²) in [6.45, 7) is 0. The minimum absolute atomic E-state index is 0.0741. The Bertz CT molecular complexity index is 1050. The van der Waals surface area contributed by atoms with Crippen molar-refractivity contribution in [1.82, 2.24) is 20.5 Å². The van der Waals surface area contributed by atoms with Gasteiger partial charge in [0.1, 0.15) is 11.9 Å². The molecule has 2 aliphatic rings. The molecule has 4 heterocycles. The highest BCUT2D eigenvalue weighted by molar-refractivity contribution is 5.89. The number of pyridine rings is 1. The molecule has 2 fully saturated rings. The summed E-state index contributed by atoms with van der Waals surface area (Å²) in [6.07, 6.45) is 8.10. The summed E-state index contributed by atoms with van der Waals surface area (Å²) >= 11 is 0. The summed E-state index contributed by atoms with van der Waals surface area (Å²) in [5.74, 6) is 0.135. The van der Waals surface area contributed by atoms with Gasteiger partial charge in [-0.15, -0.1) is 5.10 Å². The average molecular weight is 376 g/mol. The highest BCUT2D eigenvalue weighted by Crippen LogP contribution is 2.34. The highest BCUT2D eigenvalue weighted by Gasteiger charge is 2.36. The molecule has 2 N–H and O–H groups in total. The molecule has 2 unspecified atom stereocenters. The van der Waals surface area contributed by atoms with Gasteiger partial charge in [-0.25, -0.2) is 4.39 Å². The average Bonchev–Trinajstić information content (AvgIpc) is 2.72. The molecule has 0 radical (unpaired) electrons. The van der Waals surface area contributed by atoms with E-state index in [4.69, 9.17) is 0 Å². The van der Waals surface area contributed by atoms with Crippen LogP contribution in [0.3, 0.4) is 0 Å². The minimum Gasteiger partial charge on any atom is -0.507 e. The highest BCUT2D eigenvalue weighted by atomic mass is 19.1. The van der Waals surface area contributed by atoms with Crippen LogP contribution in [-0.2, 0) is 0 Å². The van der Waals surface area contributed by atoms with Crippen LogP contribution in [0.1, 0.15) is 31.4 Å². The monoisotopic (exact) mass is 376 g/mol. The second-order valence-corrected chi connectivity index (χ2v) is 7.66. The molecule has 0 saturated carbocycles. The van der Waals surface area contributed by atoms with Crippen molar-refractivity contribution in [3.05, 3.63) is 54.0 Å². The van der Waals surface area contributed by atoms with Crippen LogP contribution in [0.15, 0.2) is 48.3 Å². The zero-order chi connectivity index (χ0) is 19.1. The van der Waals surface area contributed by atoms with Crippen LogP contribution in [0.5, 0.6) is 5.75 Å². The summed E-state index contributed by atoms with van der Waals surface area (Å²) in [5.41, 5.74) is 2.64. The Morgan fingerprint density at radius 3 is 2.89 bits per heavy atom. The molecule has 1 aromatic carbocycles. The van der Waals surface area contributed by atoms with Crippen LogP contribution in [-0.4, -0.2) is 38.5 Å². The number of nitrogens with one attached hydrogen (secondary N) is 1. The number of aromatic hydroxyl groups is 1. The molecule has 0 amide bonds. The SMILES string of the molecule is Oc1cc2cnccc2cc1-c1ccc(/C=C2\CC3CCCC(N3)[C@H]2F)nn1. The summed E-state index contributed by atoms with van der Waals surface area (Å²) < 4.78 is 14.7. The third kappa shape index (κ3) is 3.14. The van der Waals surface area contributed by atoms with E-state index in [2.05, 4.69) is 20.5 Å². The van der Waals surface area contributed by atoms with Gasteiger partial charge in [-0.1, -0.05) is 6.42 Å². The lowest BCUT2D eigenvalue weighted by Gasteiger charge is -2.39. The molecule has 2 bridgehead atoms. The van der Waals surface area contributed by atoms with E-state index in [0.29, 0.717) is 23.0 Å². The fourth-order valence-electron chi connectivity index (χ4n) is 4.32. The Morgan fingerprint density at radius 1 is 1.11 bits per heavy atom. The first kappa shape index (κ1) is 17.3. The molecule has 2 saturated heterocycles. The predicted octanol–water partition coefficient (Wildman–Crippen LogP) is 4.03. The second kappa shape index (κ2) is 6.95. The van der Waals surface area contributed by atoms with Crippen LogP contribution in [0.2, 0.25) is 0 Å². The van der Waals surface area contributed by atoms with E-state index in [9.17, 15) is 9.50 Å². The lowest BCUT2D eigenvalue weighted by Crippen LogP contribution is -2.52. The number of alkyl halides is 1. The minimum atomic E-state index is -0.962. The number of phenols is 1. The van der Waals surface area contributed by atoms with Crippen LogP contribution in [0.25, 0.3) is 28.1 Å². The van der Waals surface area contributed by atoms with Gasteiger partial charge in [0.2, 0.25) is 0 Å². The summed E-state index contributed by atoms with van der Waals surface area (Å²) in [7, 11) is 0. The third-order valence-corrected chi connectivity index (χ3v) is 5.76. The number of hydrogen-bond donors (Lipinski definition) is 2. The summed E-state index contributed by atoms with van der Waals surface area (Å²) in [6, 6.07) is 9.38. The number of rotatable bonds is 2. The number of halogens is 1. The maximum Gasteiger partial charge on any atom is 0.137 e. The number of hydrogen-bond acceptors (Lipinski definition) is 5. The normalized spacial score (nSPS) is 25.9. The first-order valence-electron chi connectivity index (χ1n) is 9.69. The van der Waals surface area contributed by atoms with Crippen molar-refractivity contribution in [1.29, 1.82) is 0 Å². The van der Waals surface area contributed by atoms with Crippen molar-refractivity contribution in [2.45, 2.75) is 43.9 Å². The topological polar surface area (TPSA) is 70.9 Å². The maximum absolute atomic E-state index is 14.7. The van der Waals surface area contributed by atoms with Crippen LogP contribution < -0.4 is 5.32 Å². The molecule has 2 aromatic heterocycles. The fourth-order valence-corrected chi connectivity index (χ4v) is 4.32. The molecule has 2 aliphatic heterocycles. The summed E-state index contributed by atoms with van der Waals surface area (Å²) in [5, 5.41) is 24.1. The molecule has 3 atom stereocenters. The van der Waals surface area contributed by atoms with Gasteiger partial charge in [0.15, 0.2) is 0 Å². The number of nitrogens with zero attached hydrogens (tertiary/aromatic N) is 3. The Balaban J connectivity index is 1.44. The zero-order valence-corrected chi connectivity index (χ0v) is 15.3. The molecule has 5 nitrogen and oxygen atoms in total. The van der Waals surface area contributed by atoms with E-state index in [1.165, 1.54) is 0 Å². The van der Waals surface area contributed by atoms with Gasteiger partial charge >= 0.3 is 0 Å². The van der Waals surface area contributed by atoms with Crippen LogP contribution >= 0.6 is 0 Å². The smallest absolute Gasteiger partial charge is 0.137 e. The Hall–Kier alpha value is -2.86. The van der Waals surface area contributed by atoms with Crippen molar-refractivity contribution in [2.75, 3.05) is 0 Å². The Morgan fingerprint density at radius 2 is 2.04 bits per heavy atom. The van der Waals surface area contributed by atoms with Crippen molar-refractivity contribution in [3.8, 4) is 17.0 Å². The molecule has 28 heavy (non-hydrogen) atoms. The zero-order valence-electron chi connectivity index (χ0n) is 15.3. The van der Waals surface area contributed by atoms with Crippen molar-refractivity contribution in [3.63, 3.8) is 0 Å². The van der Waals surface area contributed by atoms with E-state index in [1.54, 1.807) is 18.5 Å². The van der Waals surface area contributed by atoms with Crippen molar-refractivity contribution < 1.29 is 9.50 Å². The van der Waals surface area contributed by atoms with Crippen LogP contribution in [0.4, 0.5) is 4.39 Å². The molecule has 6 heteroatoms. The van der Waals surface area contributed by atoms with E-state index in [1.807, 2.05) is 30.3 Å². The molecular weight excluding hydrogens is 355 g/mol. The number of phenolic OH excluding ortho intramolecular Hbond substituents is 1. The predicted molar refractivity (Wildman–Crippen MR) is 106 cm³/mol. The van der Waals surface area contributed by atoms with Gasteiger partial charge < -0.3 is 10.4 Å². The number of fused-ring (bicyclic) bond motifs is 3. The second-order valence-electron chi connectivity index (χ2n) is 7.66. The Kier molecular flexibility index (Phi) is 4.28. The van der Waals surface area contributed by atoms with Crippen molar-refractivity contribution >= 4 is 16.8 Å². The van der Waals surface area contributed by atoms with Gasteiger partial charge in [0.05, 0.1) is 11.4 Å². The molecule has 3 aromatic rings. The maximum atomic E-state index is 14.7. The lowest BCUT2D eigenvalue weighted by molar-refractivity contribution is 0.179. The van der Waals surface area contributed by atoms with Crippen molar-refractivity contribution in [2.24, 2.45) is 0 Å². The molecular formula is C22H21FN4O. The molecule has 0 aliphatic carbocycles. The summed E-state index contributed by atoms with van der Waals surface area (Å²) in [4.78, 5) is 4.07. The first-order valence-corrected chi connectivity index (χ1v) is 9.69. The van der Waals surface area contributed by atoms with E-state index >= 15 is 0 Å². The largest absolute Gasteiger partial charge is 0.507 e. The quantitative estimate of drug-likeness (QED) is 0.707. The van der Waals surface area contributed by atoms with Gasteiger partial charge in [0, 0.05) is 35.4 Å². The third-order valence-electron chi connectivity index (χ3n) is 5.76. The van der Waals surface area contributed by atoms with Gasteiger partial charge in [-0.3, -0.25) is 4.98 Å². The number of piperidine rings is 2. The number of benzene rings is 1. The Labute approximate surface area is 162 Å². The number of aromatic nitrogens is 3. The van der Waals surface area contributed by atoms with Gasteiger partial charge in [-0.05, 0) is 66.6 Å². The van der Waals surface area contributed by atoms with E-state index < -0.39 is 6.17 Å². The first-order chi connectivity index (χ1) is 13.7. The van der Waals surface area contributed by atoms with Gasteiger partial charge in [-0.2, -0.15) is 5.10 Å². The van der Waals surface area contributed by atoms with E-state index in [-0.39, 0.29) is 11.8 Å². The lowest BCUT2D eigenvalue weighted by atomic mass is 9.82. The molecule has 0 spiro atoms. The standard InChI is InChI=1S/C22H21FN4O/c23-22-14(8-16-2-1-3-20(22)25-16)9-17-4-5-19(27-26-17)18-10-13-6-7-24-12-15(13)11-21(18)28/h4-7,9-12,16,20,22,25,28H,1-3,8H2/b14-9+/t16?,20?,22-/m0/s1. The van der Waals surface area contributed by atoms with Crippen LogP contribution in [0, 0.1) is 0 Å². The molecule has 142 valence electrons. The van der Waals surface area contributed by atoms with Gasteiger partial charge in [0.25, 0.3) is 0 Å². The van der Waals surface area contributed by atoms with E-state index in [0.717, 1.165) is 42.0 Å².